The van der Waals surface area contributed by atoms with Crippen molar-refractivity contribution in [1.29, 1.82) is 0 Å². The number of nitrogens with zero attached hydrogens (tertiary/aromatic N) is 2. The summed E-state index contributed by atoms with van der Waals surface area (Å²) >= 11 is 6.72. The maximum absolute atomic E-state index is 13.2. The van der Waals surface area contributed by atoms with Crippen LogP contribution in [-0.4, -0.2) is 105 Å². The standard InChI is InChI=1S/C39H52ClN3O8/c1-25(6-5-9-36(47)43(18-19-50-2)23-33(45)37(48)38(49)34(46)24-44)26-10-13-32(40)27(20-26)21-42-39(15-16-39)31-22-41-17-14-29(31)30-7-3-4-8-35(30)51-28-11-12-28/h3-4,7-8,10,13-14,17,20,22,25,28,33-34,37-38,42,44-46,48-49H,5-6,9,11-12,15-16,18-19,21,23-24H2,1-2H3. The van der Waals surface area contributed by atoms with Crippen LogP contribution in [0, 0.1) is 0 Å². The molecule has 1 aromatic heterocycles. The number of rotatable bonds is 21. The summed E-state index contributed by atoms with van der Waals surface area (Å²) in [5, 5.41) is 53.9. The van der Waals surface area contributed by atoms with E-state index in [0.717, 1.165) is 65.7 Å². The van der Waals surface area contributed by atoms with Gasteiger partial charge in [0.15, 0.2) is 0 Å². The quantitative estimate of drug-likeness (QED) is 0.0949. The molecule has 51 heavy (non-hydrogen) atoms. The van der Waals surface area contributed by atoms with Crippen molar-refractivity contribution >= 4 is 17.5 Å². The first-order valence-electron chi connectivity index (χ1n) is 17.9. The van der Waals surface area contributed by atoms with Gasteiger partial charge in [0.25, 0.3) is 0 Å². The molecule has 278 valence electrons. The molecule has 6 N–H and O–H groups in total. The van der Waals surface area contributed by atoms with Gasteiger partial charge in [0, 0.05) is 61.7 Å². The molecule has 5 atom stereocenters. The Morgan fingerprint density at radius 1 is 1.06 bits per heavy atom. The minimum Gasteiger partial charge on any atom is -0.490 e. The van der Waals surface area contributed by atoms with Gasteiger partial charge in [0.2, 0.25) is 5.91 Å². The van der Waals surface area contributed by atoms with E-state index in [4.69, 9.17) is 26.2 Å². The van der Waals surface area contributed by atoms with Crippen molar-refractivity contribution in [2.75, 3.05) is 33.4 Å². The molecule has 2 aromatic carbocycles. The van der Waals surface area contributed by atoms with Gasteiger partial charge in [-0.1, -0.05) is 48.9 Å². The van der Waals surface area contributed by atoms with E-state index in [2.05, 4.69) is 35.4 Å². The predicted octanol–water partition coefficient (Wildman–Crippen LogP) is 3.91. The number of hydrogen-bond donors (Lipinski definition) is 6. The molecule has 0 aliphatic heterocycles. The fraction of sp³-hybridized carbons (Fsp3) is 0.538. The number of halogens is 1. The summed E-state index contributed by atoms with van der Waals surface area (Å²) in [6.45, 7) is 2.07. The van der Waals surface area contributed by atoms with Gasteiger partial charge in [-0.05, 0) is 84.9 Å². The first-order chi connectivity index (χ1) is 24.6. The van der Waals surface area contributed by atoms with Gasteiger partial charge in [-0.2, -0.15) is 0 Å². The molecule has 2 fully saturated rings. The molecule has 0 radical (unpaired) electrons. The number of methoxy groups -OCH3 is 1. The molecular formula is C39H52ClN3O8. The molecule has 0 saturated heterocycles. The van der Waals surface area contributed by atoms with Crippen LogP contribution in [0.15, 0.2) is 60.9 Å². The SMILES string of the molecule is COCCN(CC(O)C(O)C(O)C(O)CO)C(=O)CCCC(C)c1ccc(Cl)c(CNC2(c3cnccc3-c3ccccc3OC3CC3)CC2)c1. The van der Waals surface area contributed by atoms with Crippen LogP contribution in [0.1, 0.15) is 74.5 Å². The first-order valence-corrected chi connectivity index (χ1v) is 18.3. The van der Waals surface area contributed by atoms with Gasteiger partial charge in [0.05, 0.1) is 19.3 Å². The number of carbonyl (C=O) groups excluding carboxylic acids is 1. The minimum absolute atomic E-state index is 0.145. The Balaban J connectivity index is 1.18. The highest BCUT2D eigenvalue weighted by Gasteiger charge is 2.46. The van der Waals surface area contributed by atoms with Crippen molar-refractivity contribution < 1.29 is 39.8 Å². The molecule has 0 spiro atoms. The number of pyridine rings is 1. The highest BCUT2D eigenvalue weighted by Crippen LogP contribution is 2.50. The van der Waals surface area contributed by atoms with Gasteiger partial charge in [0.1, 0.15) is 30.2 Å². The minimum atomic E-state index is -1.76. The average molecular weight is 726 g/mol. The molecule has 2 saturated carbocycles. The maximum atomic E-state index is 13.2. The molecule has 12 heteroatoms. The van der Waals surface area contributed by atoms with Crippen LogP contribution in [0.4, 0.5) is 0 Å². The van der Waals surface area contributed by atoms with Crippen LogP contribution in [0.3, 0.4) is 0 Å². The Hall–Kier alpha value is -3.13. The van der Waals surface area contributed by atoms with Crippen molar-refractivity contribution in [3.8, 4) is 16.9 Å². The third kappa shape index (κ3) is 10.3. The van der Waals surface area contributed by atoms with E-state index in [1.54, 1.807) is 0 Å². The van der Waals surface area contributed by atoms with Crippen molar-refractivity contribution in [3.05, 3.63) is 82.6 Å². The molecule has 5 unspecified atom stereocenters. The van der Waals surface area contributed by atoms with Crippen LogP contribution in [0.25, 0.3) is 11.1 Å². The molecule has 5 rings (SSSR count). The summed E-state index contributed by atoms with van der Waals surface area (Å²) in [7, 11) is 1.50. The van der Waals surface area contributed by atoms with Gasteiger partial charge in [-0.25, -0.2) is 0 Å². The van der Waals surface area contributed by atoms with E-state index in [0.29, 0.717) is 24.1 Å². The molecule has 3 aromatic rings. The number of carbonyl (C=O) groups is 1. The predicted molar refractivity (Wildman–Crippen MR) is 194 cm³/mol. The summed E-state index contributed by atoms with van der Waals surface area (Å²) < 4.78 is 11.4. The van der Waals surface area contributed by atoms with Gasteiger partial charge >= 0.3 is 0 Å². The zero-order chi connectivity index (χ0) is 36.5. The van der Waals surface area contributed by atoms with E-state index in [9.17, 15) is 25.2 Å². The Morgan fingerprint density at radius 3 is 2.51 bits per heavy atom. The molecule has 0 bridgehead atoms. The van der Waals surface area contributed by atoms with Gasteiger partial charge in [-0.15, -0.1) is 0 Å². The van der Waals surface area contributed by atoms with E-state index >= 15 is 0 Å². The lowest BCUT2D eigenvalue weighted by Gasteiger charge is -2.30. The van der Waals surface area contributed by atoms with Crippen LogP contribution >= 0.6 is 11.6 Å². The molecule has 2 aliphatic rings. The molecule has 2 aliphatic carbocycles. The summed E-state index contributed by atoms with van der Waals surface area (Å²) in [6, 6.07) is 16.4. The molecule has 11 nitrogen and oxygen atoms in total. The second-order valence-electron chi connectivity index (χ2n) is 13.9. The van der Waals surface area contributed by atoms with Crippen molar-refractivity contribution in [3.63, 3.8) is 0 Å². The number of hydrogen-bond acceptors (Lipinski definition) is 10. The van der Waals surface area contributed by atoms with Crippen molar-refractivity contribution in [2.24, 2.45) is 0 Å². The topological polar surface area (TPSA) is 165 Å². The maximum Gasteiger partial charge on any atom is 0.222 e. The lowest BCUT2D eigenvalue weighted by atomic mass is 9.93. The molecule has 1 amide bonds. The fourth-order valence-electron chi connectivity index (χ4n) is 6.44. The first kappa shape index (κ1) is 39.1. The lowest BCUT2D eigenvalue weighted by Crippen LogP contribution is -2.51. The Kier molecular flexibility index (Phi) is 13.9. The number of aliphatic hydroxyl groups excluding tert-OH is 5. The second kappa shape index (κ2) is 18.1. The van der Waals surface area contributed by atoms with Crippen LogP contribution < -0.4 is 10.1 Å². The van der Waals surface area contributed by atoms with E-state index in [-0.39, 0.29) is 43.5 Å². The Labute approximate surface area is 305 Å². The van der Waals surface area contributed by atoms with E-state index in [1.807, 2.05) is 42.7 Å². The number of amides is 1. The Morgan fingerprint density at radius 2 is 1.80 bits per heavy atom. The summed E-state index contributed by atoms with van der Waals surface area (Å²) in [6.07, 6.45) is 3.14. The van der Waals surface area contributed by atoms with E-state index in [1.165, 1.54) is 12.0 Å². The van der Waals surface area contributed by atoms with Crippen LogP contribution in [0.2, 0.25) is 5.02 Å². The van der Waals surface area contributed by atoms with Crippen LogP contribution in [0.5, 0.6) is 5.75 Å². The highest BCUT2D eigenvalue weighted by molar-refractivity contribution is 6.31. The Bertz CT molecular complexity index is 1590. The number of aromatic nitrogens is 1. The number of para-hydroxylation sites is 1. The largest absolute Gasteiger partial charge is 0.490 e. The summed E-state index contributed by atoms with van der Waals surface area (Å²) in [5.41, 5.74) is 5.26. The third-order valence-electron chi connectivity index (χ3n) is 10.0. The zero-order valence-electron chi connectivity index (χ0n) is 29.5. The number of aliphatic hydroxyl groups is 5. The zero-order valence-corrected chi connectivity index (χ0v) is 30.2. The molecular weight excluding hydrogens is 674 g/mol. The van der Waals surface area contributed by atoms with Gasteiger partial charge in [-0.3, -0.25) is 9.78 Å². The third-order valence-corrected chi connectivity index (χ3v) is 10.4. The second-order valence-corrected chi connectivity index (χ2v) is 14.4. The van der Waals surface area contributed by atoms with E-state index < -0.39 is 31.0 Å². The monoisotopic (exact) mass is 725 g/mol. The number of ether oxygens (including phenoxy) is 2. The van der Waals surface area contributed by atoms with Crippen molar-refractivity contribution in [1.82, 2.24) is 15.2 Å². The molecule has 1 heterocycles. The highest BCUT2D eigenvalue weighted by atomic mass is 35.5. The lowest BCUT2D eigenvalue weighted by molar-refractivity contribution is -0.140. The number of benzene rings is 2. The van der Waals surface area contributed by atoms with Crippen molar-refractivity contribution in [2.45, 2.75) is 100 Å². The summed E-state index contributed by atoms with van der Waals surface area (Å²) in [4.78, 5) is 19.0. The average Bonchev–Trinajstić information content (AvgIpc) is 4.09. The number of nitrogens with one attached hydrogen (secondary N) is 1. The summed E-state index contributed by atoms with van der Waals surface area (Å²) in [5.74, 6) is 0.824. The smallest absolute Gasteiger partial charge is 0.222 e. The fourth-order valence-corrected chi connectivity index (χ4v) is 6.62. The normalized spacial score (nSPS) is 18.0. The van der Waals surface area contributed by atoms with Crippen LogP contribution in [-0.2, 0) is 21.6 Å². The van der Waals surface area contributed by atoms with Gasteiger partial charge < -0.3 is 45.2 Å².